The zero-order valence-electron chi connectivity index (χ0n) is 11.8. The van der Waals surface area contributed by atoms with Gasteiger partial charge >= 0.3 is 0 Å². The van der Waals surface area contributed by atoms with Crippen LogP contribution in [0.25, 0.3) is 0 Å². The van der Waals surface area contributed by atoms with Crippen LogP contribution in [0.2, 0.25) is 0 Å². The van der Waals surface area contributed by atoms with E-state index in [0.717, 1.165) is 13.1 Å². The zero-order chi connectivity index (χ0) is 12.7. The number of hydrogen-bond acceptors (Lipinski definition) is 3. The van der Waals surface area contributed by atoms with E-state index in [9.17, 15) is 0 Å². The molecule has 1 fully saturated rings. The first-order valence-corrected chi connectivity index (χ1v) is 7.23. The predicted octanol–water partition coefficient (Wildman–Crippen LogP) is 1.86. The molecule has 3 heteroatoms. The van der Waals surface area contributed by atoms with Gasteiger partial charge in [-0.25, -0.2) is 0 Å². The summed E-state index contributed by atoms with van der Waals surface area (Å²) in [5.41, 5.74) is 0.633. The van der Waals surface area contributed by atoms with Gasteiger partial charge in [0.25, 0.3) is 0 Å². The van der Waals surface area contributed by atoms with Crippen molar-refractivity contribution >= 4 is 0 Å². The molecular weight excluding hydrogens is 212 g/mol. The Morgan fingerprint density at radius 3 is 2.29 bits per heavy atom. The topological polar surface area (TPSA) is 35.5 Å². The Kier molecular flexibility index (Phi) is 6.45. The van der Waals surface area contributed by atoms with Gasteiger partial charge in [0.15, 0.2) is 0 Å². The van der Waals surface area contributed by atoms with Crippen molar-refractivity contribution in [3.8, 4) is 0 Å². The average molecular weight is 242 g/mol. The van der Waals surface area contributed by atoms with E-state index in [1.165, 1.54) is 38.8 Å². The molecule has 0 spiro atoms. The Labute approximate surface area is 107 Å². The van der Waals surface area contributed by atoms with Gasteiger partial charge in [0, 0.05) is 32.7 Å². The van der Waals surface area contributed by atoms with E-state index in [0.29, 0.717) is 12.0 Å². The van der Waals surface area contributed by atoms with E-state index in [2.05, 4.69) is 24.1 Å². The average Bonchev–Trinajstić information content (AvgIpc) is 2.21. The summed E-state index contributed by atoms with van der Waals surface area (Å²) >= 11 is 0. The quantitative estimate of drug-likeness (QED) is 0.606. The summed E-state index contributed by atoms with van der Waals surface area (Å²) in [4.78, 5) is 2.54. The first-order valence-electron chi connectivity index (χ1n) is 7.23. The molecule has 0 aromatic heterocycles. The summed E-state index contributed by atoms with van der Waals surface area (Å²) in [5.74, 6) is 0. The lowest BCUT2D eigenvalue weighted by atomic mass is 9.73. The molecule has 1 aliphatic heterocycles. The summed E-state index contributed by atoms with van der Waals surface area (Å²) < 4.78 is 0. The fourth-order valence-electron chi connectivity index (χ4n) is 3.11. The zero-order valence-corrected chi connectivity index (χ0v) is 11.8. The number of nitrogens with one attached hydrogen (secondary N) is 1. The van der Waals surface area contributed by atoms with Crippen LogP contribution in [0.1, 0.15) is 46.5 Å². The summed E-state index contributed by atoms with van der Waals surface area (Å²) in [6.07, 6.45) is 5.17. The molecule has 0 aromatic rings. The molecule has 0 bridgehead atoms. The van der Waals surface area contributed by atoms with Crippen LogP contribution in [0.3, 0.4) is 0 Å². The highest BCUT2D eigenvalue weighted by molar-refractivity contribution is 4.94. The normalized spacial score (nSPS) is 21.2. The van der Waals surface area contributed by atoms with Gasteiger partial charge in [-0.3, -0.25) is 0 Å². The van der Waals surface area contributed by atoms with Crippen molar-refractivity contribution in [3.05, 3.63) is 0 Å². The lowest BCUT2D eigenvalue weighted by Crippen LogP contribution is -2.57. The standard InChI is InChI=1S/C14H30N2O/c1-4-6-14(7-5-2)11-16(12-14)9-8-15-10-13(3)17/h13,15,17H,4-12H2,1-3H3. The van der Waals surface area contributed by atoms with Crippen LogP contribution in [-0.2, 0) is 0 Å². The van der Waals surface area contributed by atoms with Crippen LogP contribution in [0.4, 0.5) is 0 Å². The van der Waals surface area contributed by atoms with E-state index in [-0.39, 0.29) is 6.10 Å². The second kappa shape index (κ2) is 7.34. The first-order chi connectivity index (χ1) is 8.12. The molecule has 1 rings (SSSR count). The van der Waals surface area contributed by atoms with Crippen LogP contribution in [0, 0.1) is 5.41 Å². The van der Waals surface area contributed by atoms with E-state index < -0.39 is 0 Å². The molecule has 1 atom stereocenters. The maximum atomic E-state index is 9.14. The van der Waals surface area contributed by atoms with Gasteiger partial charge < -0.3 is 15.3 Å². The van der Waals surface area contributed by atoms with E-state index in [1.54, 1.807) is 0 Å². The Morgan fingerprint density at radius 2 is 1.82 bits per heavy atom. The number of hydrogen-bond donors (Lipinski definition) is 2. The van der Waals surface area contributed by atoms with Crippen LogP contribution in [0.15, 0.2) is 0 Å². The van der Waals surface area contributed by atoms with Crippen molar-refractivity contribution in [2.45, 2.75) is 52.6 Å². The largest absolute Gasteiger partial charge is 0.392 e. The third-order valence-electron chi connectivity index (χ3n) is 3.72. The molecule has 2 N–H and O–H groups in total. The maximum Gasteiger partial charge on any atom is 0.0636 e. The van der Waals surface area contributed by atoms with E-state index in [4.69, 9.17) is 5.11 Å². The molecule has 0 radical (unpaired) electrons. The fraction of sp³-hybridized carbons (Fsp3) is 1.00. The van der Waals surface area contributed by atoms with Crippen molar-refractivity contribution in [2.75, 3.05) is 32.7 Å². The lowest BCUT2D eigenvalue weighted by molar-refractivity contribution is -0.0135. The van der Waals surface area contributed by atoms with Crippen molar-refractivity contribution in [3.63, 3.8) is 0 Å². The molecule has 17 heavy (non-hydrogen) atoms. The first kappa shape index (κ1) is 14.9. The predicted molar refractivity (Wildman–Crippen MR) is 73.2 cm³/mol. The molecule has 1 saturated heterocycles. The molecule has 0 amide bonds. The Balaban J connectivity index is 2.11. The van der Waals surface area contributed by atoms with Crippen molar-refractivity contribution in [1.29, 1.82) is 0 Å². The summed E-state index contributed by atoms with van der Waals surface area (Å²) in [6.45, 7) is 11.8. The van der Waals surface area contributed by atoms with Gasteiger partial charge in [0.05, 0.1) is 6.10 Å². The number of nitrogens with zero attached hydrogens (tertiary/aromatic N) is 1. The second-order valence-corrected chi connectivity index (χ2v) is 5.76. The number of likely N-dealkylation sites (tertiary alicyclic amines) is 1. The molecule has 1 aliphatic rings. The van der Waals surface area contributed by atoms with Gasteiger partial charge in [0.1, 0.15) is 0 Å². The SMILES string of the molecule is CCCC1(CCC)CN(CCNCC(C)O)C1. The molecule has 3 nitrogen and oxygen atoms in total. The summed E-state index contributed by atoms with van der Waals surface area (Å²) in [6, 6.07) is 0. The molecule has 0 aromatic carbocycles. The van der Waals surface area contributed by atoms with Crippen molar-refractivity contribution in [1.82, 2.24) is 10.2 Å². The summed E-state index contributed by atoms with van der Waals surface area (Å²) in [5, 5.41) is 12.4. The minimum absolute atomic E-state index is 0.231. The Bertz CT molecular complexity index is 192. The number of rotatable bonds is 9. The third kappa shape index (κ3) is 4.94. The molecule has 0 saturated carbocycles. The van der Waals surface area contributed by atoms with Gasteiger partial charge in [-0.1, -0.05) is 26.7 Å². The van der Waals surface area contributed by atoms with Crippen molar-refractivity contribution < 1.29 is 5.11 Å². The third-order valence-corrected chi connectivity index (χ3v) is 3.72. The van der Waals surface area contributed by atoms with E-state index >= 15 is 0 Å². The van der Waals surface area contributed by atoms with Crippen LogP contribution >= 0.6 is 0 Å². The highest BCUT2D eigenvalue weighted by Crippen LogP contribution is 2.39. The highest BCUT2D eigenvalue weighted by Gasteiger charge is 2.40. The molecule has 1 heterocycles. The minimum atomic E-state index is -0.231. The van der Waals surface area contributed by atoms with Crippen molar-refractivity contribution in [2.24, 2.45) is 5.41 Å². The smallest absolute Gasteiger partial charge is 0.0636 e. The van der Waals surface area contributed by atoms with Gasteiger partial charge in [0.2, 0.25) is 0 Å². The molecule has 102 valence electrons. The second-order valence-electron chi connectivity index (χ2n) is 5.76. The highest BCUT2D eigenvalue weighted by atomic mass is 16.3. The van der Waals surface area contributed by atoms with Gasteiger partial charge in [-0.2, -0.15) is 0 Å². The molecule has 0 aliphatic carbocycles. The van der Waals surface area contributed by atoms with Crippen LogP contribution in [0.5, 0.6) is 0 Å². The summed E-state index contributed by atoms with van der Waals surface area (Å²) in [7, 11) is 0. The molecular formula is C14H30N2O. The minimum Gasteiger partial charge on any atom is -0.392 e. The Morgan fingerprint density at radius 1 is 1.24 bits per heavy atom. The van der Waals surface area contributed by atoms with Crippen LogP contribution in [-0.4, -0.2) is 48.8 Å². The Hall–Kier alpha value is -0.120. The number of aliphatic hydroxyl groups is 1. The lowest BCUT2D eigenvalue weighted by Gasteiger charge is -2.51. The number of aliphatic hydroxyl groups excluding tert-OH is 1. The van der Waals surface area contributed by atoms with Gasteiger partial charge in [-0.05, 0) is 25.2 Å². The van der Waals surface area contributed by atoms with E-state index in [1.807, 2.05) is 6.92 Å². The fourth-order valence-corrected chi connectivity index (χ4v) is 3.11. The monoisotopic (exact) mass is 242 g/mol. The van der Waals surface area contributed by atoms with Crippen LogP contribution < -0.4 is 5.32 Å². The molecule has 1 unspecified atom stereocenters. The van der Waals surface area contributed by atoms with Gasteiger partial charge in [-0.15, -0.1) is 0 Å². The maximum absolute atomic E-state index is 9.14.